The molecule has 0 aliphatic rings. The lowest BCUT2D eigenvalue weighted by Gasteiger charge is -2.06. The lowest BCUT2D eigenvalue weighted by Crippen LogP contribution is -2.28. The molecule has 0 saturated heterocycles. The minimum atomic E-state index is 0.481. The molecule has 0 spiro atoms. The summed E-state index contributed by atoms with van der Waals surface area (Å²) in [5.41, 5.74) is 4.81. The van der Waals surface area contributed by atoms with Crippen molar-refractivity contribution < 1.29 is 4.74 Å². The first-order valence-electron chi connectivity index (χ1n) is 6.55. The lowest BCUT2D eigenvalue weighted by molar-refractivity contribution is 0.306. The maximum atomic E-state index is 5.72. The monoisotopic (exact) mass is 299 g/mol. The molecule has 2 aromatic rings. The van der Waals surface area contributed by atoms with Gasteiger partial charge in [-0.2, -0.15) is 5.10 Å². The van der Waals surface area contributed by atoms with Crippen LogP contribution in [-0.4, -0.2) is 18.4 Å². The third-order valence-electron chi connectivity index (χ3n) is 2.74. The highest BCUT2D eigenvalue weighted by molar-refractivity contribution is 7.80. The SMILES string of the molecule is CNC(=S)NN=Cc1ccc(OCc2ccccc2)cc1. The molecule has 0 aliphatic heterocycles. The Balaban J connectivity index is 1.85. The van der Waals surface area contributed by atoms with Gasteiger partial charge in [0.05, 0.1) is 6.21 Å². The second-order valence-electron chi connectivity index (χ2n) is 4.29. The van der Waals surface area contributed by atoms with Gasteiger partial charge in [0.1, 0.15) is 12.4 Å². The van der Waals surface area contributed by atoms with E-state index in [-0.39, 0.29) is 0 Å². The van der Waals surface area contributed by atoms with Crippen molar-refractivity contribution in [2.75, 3.05) is 7.05 Å². The Morgan fingerprint density at radius 2 is 1.86 bits per heavy atom. The third-order valence-corrected chi connectivity index (χ3v) is 3.03. The van der Waals surface area contributed by atoms with E-state index in [9.17, 15) is 0 Å². The Kier molecular flexibility index (Phi) is 5.72. The molecular weight excluding hydrogens is 282 g/mol. The highest BCUT2D eigenvalue weighted by Crippen LogP contribution is 2.13. The number of benzene rings is 2. The van der Waals surface area contributed by atoms with Crippen LogP contribution in [0.4, 0.5) is 0 Å². The van der Waals surface area contributed by atoms with Crippen LogP contribution >= 0.6 is 12.2 Å². The van der Waals surface area contributed by atoms with Crippen LogP contribution < -0.4 is 15.5 Å². The number of hydrogen-bond acceptors (Lipinski definition) is 3. The zero-order valence-corrected chi connectivity index (χ0v) is 12.6. The summed E-state index contributed by atoms with van der Waals surface area (Å²) in [5.74, 6) is 0.828. The van der Waals surface area contributed by atoms with Crippen LogP contribution in [0.15, 0.2) is 59.7 Å². The minimum Gasteiger partial charge on any atom is -0.489 e. The molecule has 0 bridgehead atoms. The standard InChI is InChI=1S/C16H17N3OS/c1-17-16(21)19-18-11-13-7-9-15(10-8-13)20-12-14-5-3-2-4-6-14/h2-11H,12H2,1H3,(H2,17,19,21). The van der Waals surface area contributed by atoms with Gasteiger partial charge in [0.2, 0.25) is 0 Å². The third kappa shape index (κ3) is 5.24. The van der Waals surface area contributed by atoms with Crippen molar-refractivity contribution in [2.45, 2.75) is 6.61 Å². The van der Waals surface area contributed by atoms with Crippen LogP contribution in [-0.2, 0) is 6.61 Å². The molecule has 0 saturated carbocycles. The second kappa shape index (κ2) is 8.01. The minimum absolute atomic E-state index is 0.481. The maximum absolute atomic E-state index is 5.72. The smallest absolute Gasteiger partial charge is 0.186 e. The number of hydrazone groups is 1. The van der Waals surface area contributed by atoms with Crippen LogP contribution in [0, 0.1) is 0 Å². The predicted octanol–water partition coefficient (Wildman–Crippen LogP) is 2.69. The number of nitrogens with zero attached hydrogens (tertiary/aromatic N) is 1. The van der Waals surface area contributed by atoms with Gasteiger partial charge < -0.3 is 10.1 Å². The first-order chi connectivity index (χ1) is 10.3. The van der Waals surface area contributed by atoms with Gasteiger partial charge in [-0.1, -0.05) is 30.3 Å². The fourth-order valence-electron chi connectivity index (χ4n) is 1.61. The quantitative estimate of drug-likeness (QED) is 0.506. The molecule has 0 aromatic heterocycles. The van der Waals surface area contributed by atoms with Gasteiger partial charge in [-0.3, -0.25) is 5.43 Å². The highest BCUT2D eigenvalue weighted by Gasteiger charge is 1.96. The van der Waals surface area contributed by atoms with Gasteiger partial charge in [0, 0.05) is 7.05 Å². The highest BCUT2D eigenvalue weighted by atomic mass is 32.1. The fourth-order valence-corrected chi connectivity index (χ4v) is 1.67. The van der Waals surface area contributed by atoms with Gasteiger partial charge in [-0.25, -0.2) is 0 Å². The zero-order valence-electron chi connectivity index (χ0n) is 11.7. The number of nitrogens with one attached hydrogen (secondary N) is 2. The topological polar surface area (TPSA) is 45.7 Å². The van der Waals surface area contributed by atoms with Gasteiger partial charge in [-0.15, -0.1) is 0 Å². The van der Waals surface area contributed by atoms with E-state index in [1.807, 2.05) is 54.6 Å². The molecule has 2 aromatic carbocycles. The molecule has 5 heteroatoms. The molecule has 2 N–H and O–H groups in total. The molecule has 0 atom stereocenters. The predicted molar refractivity (Wildman–Crippen MR) is 89.6 cm³/mol. The van der Waals surface area contributed by atoms with E-state index < -0.39 is 0 Å². The normalized spacial score (nSPS) is 10.3. The van der Waals surface area contributed by atoms with Crippen molar-refractivity contribution in [2.24, 2.45) is 5.10 Å². The van der Waals surface area contributed by atoms with Gasteiger partial charge in [0.15, 0.2) is 5.11 Å². The van der Waals surface area contributed by atoms with Crippen molar-refractivity contribution in [3.05, 3.63) is 65.7 Å². The van der Waals surface area contributed by atoms with Crippen molar-refractivity contribution >= 4 is 23.5 Å². The molecule has 4 nitrogen and oxygen atoms in total. The summed E-state index contributed by atoms with van der Waals surface area (Å²) in [6.07, 6.45) is 1.70. The first kappa shape index (κ1) is 15.0. The Labute approximate surface area is 129 Å². The van der Waals surface area contributed by atoms with Crippen molar-refractivity contribution in [3.63, 3.8) is 0 Å². The summed E-state index contributed by atoms with van der Waals surface area (Å²) in [4.78, 5) is 0. The van der Waals surface area contributed by atoms with E-state index >= 15 is 0 Å². The van der Waals surface area contributed by atoms with Gasteiger partial charge in [0.25, 0.3) is 0 Å². The largest absolute Gasteiger partial charge is 0.489 e. The Morgan fingerprint density at radius 3 is 2.52 bits per heavy atom. The molecule has 0 amide bonds. The van der Waals surface area contributed by atoms with E-state index in [4.69, 9.17) is 17.0 Å². The average molecular weight is 299 g/mol. The summed E-state index contributed by atoms with van der Waals surface area (Å²) in [7, 11) is 1.74. The number of rotatable bonds is 5. The Hall–Kier alpha value is -2.40. The van der Waals surface area contributed by atoms with Crippen molar-refractivity contribution in [1.82, 2.24) is 10.7 Å². The molecule has 108 valence electrons. The first-order valence-corrected chi connectivity index (χ1v) is 6.96. The number of thiocarbonyl (C=S) groups is 1. The zero-order chi connectivity index (χ0) is 14.9. The molecule has 0 radical (unpaired) electrons. The van der Waals surface area contributed by atoms with Crippen LogP contribution in [0.1, 0.15) is 11.1 Å². The summed E-state index contributed by atoms with van der Waals surface area (Å²) < 4.78 is 5.72. The van der Waals surface area contributed by atoms with E-state index in [0.29, 0.717) is 11.7 Å². The van der Waals surface area contributed by atoms with E-state index in [1.165, 1.54) is 0 Å². The molecule has 0 fully saturated rings. The maximum Gasteiger partial charge on any atom is 0.186 e. The van der Waals surface area contributed by atoms with Gasteiger partial charge in [-0.05, 0) is 47.6 Å². The molecule has 0 aliphatic carbocycles. The van der Waals surface area contributed by atoms with Crippen LogP contribution in [0.3, 0.4) is 0 Å². The van der Waals surface area contributed by atoms with Crippen molar-refractivity contribution in [3.8, 4) is 5.75 Å². The Morgan fingerprint density at radius 1 is 1.14 bits per heavy atom. The molecule has 0 heterocycles. The summed E-state index contributed by atoms with van der Waals surface area (Å²) in [6, 6.07) is 17.8. The Bertz CT molecular complexity index is 597. The van der Waals surface area contributed by atoms with Crippen LogP contribution in [0.2, 0.25) is 0 Å². The van der Waals surface area contributed by atoms with E-state index in [1.54, 1.807) is 13.3 Å². The summed E-state index contributed by atoms with van der Waals surface area (Å²) in [5, 5.41) is 7.28. The van der Waals surface area contributed by atoms with Crippen LogP contribution in [0.5, 0.6) is 5.75 Å². The fraction of sp³-hybridized carbons (Fsp3) is 0.125. The second-order valence-corrected chi connectivity index (χ2v) is 4.70. The molecular formula is C16H17N3OS. The van der Waals surface area contributed by atoms with Gasteiger partial charge >= 0.3 is 0 Å². The number of ether oxygens (including phenoxy) is 1. The average Bonchev–Trinajstić information content (AvgIpc) is 2.55. The van der Waals surface area contributed by atoms with E-state index in [2.05, 4.69) is 15.8 Å². The molecule has 21 heavy (non-hydrogen) atoms. The van der Waals surface area contributed by atoms with E-state index in [0.717, 1.165) is 16.9 Å². The molecule has 0 unspecified atom stereocenters. The molecule has 2 rings (SSSR count). The van der Waals surface area contributed by atoms with Crippen molar-refractivity contribution in [1.29, 1.82) is 0 Å². The lowest BCUT2D eigenvalue weighted by atomic mass is 10.2. The summed E-state index contributed by atoms with van der Waals surface area (Å²) in [6.45, 7) is 0.562. The number of hydrogen-bond donors (Lipinski definition) is 2. The van der Waals surface area contributed by atoms with Crippen LogP contribution in [0.25, 0.3) is 0 Å². The summed E-state index contributed by atoms with van der Waals surface area (Å²) >= 11 is 4.92.